The number of hydrogen-bond acceptors (Lipinski definition) is 3. The van der Waals surface area contributed by atoms with E-state index in [0.717, 1.165) is 37.1 Å². The number of rotatable bonds is 5. The maximum atomic E-state index is 13.9. The Hall–Kier alpha value is -1.88. The number of aryl methyl sites for hydroxylation is 1. The molecule has 0 bridgehead atoms. The van der Waals surface area contributed by atoms with Crippen LogP contribution in [0.1, 0.15) is 49.2 Å². The summed E-state index contributed by atoms with van der Waals surface area (Å²) in [5.74, 6) is 0.256. The largest absolute Gasteiger partial charge is 0.361 e. The highest BCUT2D eigenvalue weighted by atomic mass is 35.5. The number of hydrogen-bond donors (Lipinski definition) is 0. The lowest BCUT2D eigenvalue weighted by Gasteiger charge is -2.23. The first-order valence-electron chi connectivity index (χ1n) is 8.28. The van der Waals surface area contributed by atoms with Crippen LogP contribution in [-0.2, 0) is 17.6 Å². The number of amides is 1. The van der Waals surface area contributed by atoms with Gasteiger partial charge in [0.2, 0.25) is 5.91 Å². The lowest BCUT2D eigenvalue weighted by Crippen LogP contribution is -2.32. The number of carbonyl (C=O) groups excluding carboxylic acids is 1. The van der Waals surface area contributed by atoms with Crippen LogP contribution in [0.3, 0.4) is 0 Å². The molecule has 0 radical (unpaired) electrons. The first-order valence-corrected chi connectivity index (χ1v) is 8.65. The molecule has 0 spiro atoms. The minimum atomic E-state index is -0.446. The molecule has 3 rings (SSSR count). The molecule has 0 unspecified atom stereocenters. The first kappa shape index (κ1) is 17.0. The Labute approximate surface area is 145 Å². The molecule has 4 nitrogen and oxygen atoms in total. The predicted octanol–water partition coefficient (Wildman–Crippen LogP) is 4.33. The van der Waals surface area contributed by atoms with E-state index in [9.17, 15) is 9.18 Å². The summed E-state index contributed by atoms with van der Waals surface area (Å²) in [6.07, 6.45) is 3.51. The third-order valence-electron chi connectivity index (χ3n) is 4.38. The van der Waals surface area contributed by atoms with Crippen LogP contribution in [0, 0.1) is 5.82 Å². The van der Waals surface area contributed by atoms with E-state index in [4.69, 9.17) is 16.1 Å². The molecule has 0 saturated carbocycles. The number of carbonyl (C=O) groups is 1. The molecule has 1 fully saturated rings. The molecule has 1 aliphatic rings. The topological polar surface area (TPSA) is 46.3 Å². The molecule has 0 N–H and O–H groups in total. The van der Waals surface area contributed by atoms with E-state index in [1.807, 2.05) is 6.07 Å². The zero-order valence-electron chi connectivity index (χ0n) is 13.6. The zero-order chi connectivity index (χ0) is 17.1. The van der Waals surface area contributed by atoms with E-state index in [1.165, 1.54) is 12.1 Å². The van der Waals surface area contributed by atoms with Gasteiger partial charge in [-0.2, -0.15) is 0 Å². The van der Waals surface area contributed by atoms with Gasteiger partial charge in [-0.15, -0.1) is 0 Å². The Balaban J connectivity index is 1.76. The van der Waals surface area contributed by atoms with Gasteiger partial charge in [-0.05, 0) is 31.4 Å². The molecule has 1 saturated heterocycles. The molecule has 2 heterocycles. The Morgan fingerprint density at radius 3 is 3.08 bits per heavy atom. The Bertz CT molecular complexity index is 711. The molecule has 1 atom stereocenters. The van der Waals surface area contributed by atoms with Gasteiger partial charge in [-0.3, -0.25) is 4.79 Å². The van der Waals surface area contributed by atoms with Crippen molar-refractivity contribution in [1.29, 1.82) is 0 Å². The second-order valence-corrected chi connectivity index (χ2v) is 6.50. The van der Waals surface area contributed by atoms with Crippen LogP contribution < -0.4 is 0 Å². The van der Waals surface area contributed by atoms with Crippen LogP contribution in [0.2, 0.25) is 5.02 Å². The molecule has 1 aromatic heterocycles. The van der Waals surface area contributed by atoms with Gasteiger partial charge in [0.25, 0.3) is 0 Å². The third-order valence-corrected chi connectivity index (χ3v) is 4.73. The van der Waals surface area contributed by atoms with Crippen LogP contribution in [0.4, 0.5) is 4.39 Å². The zero-order valence-corrected chi connectivity index (χ0v) is 14.4. The van der Waals surface area contributed by atoms with E-state index in [2.05, 4.69) is 12.1 Å². The standard InChI is InChI=1S/C18H20ClFN2O2/c1-2-5-12-10-16(21-24-12)17-8-4-9-22(17)18(23)11-13-14(19)6-3-7-15(13)20/h3,6-7,10,17H,2,4-5,8-9,11H2,1H3/t17-/m1/s1. The molecule has 0 aliphatic carbocycles. The van der Waals surface area contributed by atoms with Crippen molar-refractivity contribution in [2.75, 3.05) is 6.54 Å². The van der Waals surface area contributed by atoms with Crippen molar-refractivity contribution in [2.24, 2.45) is 0 Å². The summed E-state index contributed by atoms with van der Waals surface area (Å²) < 4.78 is 19.3. The van der Waals surface area contributed by atoms with Crippen molar-refractivity contribution in [1.82, 2.24) is 10.1 Å². The SMILES string of the molecule is CCCc1cc([C@H]2CCCN2C(=O)Cc2c(F)cccc2Cl)no1. The summed E-state index contributed by atoms with van der Waals surface area (Å²) in [5.41, 5.74) is 1.03. The quantitative estimate of drug-likeness (QED) is 0.806. The van der Waals surface area contributed by atoms with Crippen LogP contribution >= 0.6 is 11.6 Å². The minimum absolute atomic E-state index is 0.0400. The molecule has 1 amide bonds. The number of nitrogens with zero attached hydrogens (tertiary/aromatic N) is 2. The van der Waals surface area contributed by atoms with Gasteiger partial charge in [0, 0.05) is 29.6 Å². The smallest absolute Gasteiger partial charge is 0.227 e. The fourth-order valence-electron chi connectivity index (χ4n) is 3.18. The van der Waals surface area contributed by atoms with Gasteiger partial charge >= 0.3 is 0 Å². The normalized spacial score (nSPS) is 17.5. The van der Waals surface area contributed by atoms with Gasteiger partial charge in [-0.25, -0.2) is 4.39 Å². The summed E-state index contributed by atoms with van der Waals surface area (Å²) in [5, 5.41) is 4.41. The van der Waals surface area contributed by atoms with Crippen molar-refractivity contribution in [3.8, 4) is 0 Å². The van der Waals surface area contributed by atoms with Crippen molar-refractivity contribution in [2.45, 2.75) is 45.1 Å². The number of halogens is 2. The van der Waals surface area contributed by atoms with Crippen molar-refractivity contribution in [3.63, 3.8) is 0 Å². The Morgan fingerprint density at radius 1 is 1.50 bits per heavy atom. The third kappa shape index (κ3) is 3.46. The maximum Gasteiger partial charge on any atom is 0.227 e. The van der Waals surface area contributed by atoms with E-state index in [1.54, 1.807) is 11.0 Å². The number of likely N-dealkylation sites (tertiary alicyclic amines) is 1. The number of aromatic nitrogens is 1. The molecular weight excluding hydrogens is 331 g/mol. The lowest BCUT2D eigenvalue weighted by molar-refractivity contribution is -0.131. The Morgan fingerprint density at radius 2 is 2.33 bits per heavy atom. The second kappa shape index (κ2) is 7.34. The molecular formula is C18H20ClFN2O2. The summed E-state index contributed by atoms with van der Waals surface area (Å²) >= 11 is 6.03. The summed E-state index contributed by atoms with van der Waals surface area (Å²) in [6, 6.07) is 6.29. The Kier molecular flexibility index (Phi) is 5.19. The summed E-state index contributed by atoms with van der Waals surface area (Å²) in [6.45, 7) is 2.72. The molecule has 128 valence electrons. The molecule has 1 aromatic carbocycles. The van der Waals surface area contributed by atoms with Crippen LogP contribution in [0.5, 0.6) is 0 Å². The second-order valence-electron chi connectivity index (χ2n) is 6.09. The highest BCUT2D eigenvalue weighted by Gasteiger charge is 2.32. The monoisotopic (exact) mass is 350 g/mol. The van der Waals surface area contributed by atoms with Crippen LogP contribution in [0.15, 0.2) is 28.8 Å². The van der Waals surface area contributed by atoms with Gasteiger partial charge in [0.15, 0.2) is 0 Å². The van der Waals surface area contributed by atoms with Crippen molar-refractivity contribution < 1.29 is 13.7 Å². The average Bonchev–Trinajstić information content (AvgIpc) is 3.20. The minimum Gasteiger partial charge on any atom is -0.361 e. The van der Waals surface area contributed by atoms with Crippen molar-refractivity contribution >= 4 is 17.5 Å². The van der Waals surface area contributed by atoms with E-state index >= 15 is 0 Å². The average molecular weight is 351 g/mol. The predicted molar refractivity (Wildman–Crippen MR) is 89.3 cm³/mol. The van der Waals surface area contributed by atoms with Gasteiger partial charge in [-0.1, -0.05) is 29.7 Å². The number of benzene rings is 1. The summed E-state index contributed by atoms with van der Waals surface area (Å²) in [4.78, 5) is 14.4. The fourth-order valence-corrected chi connectivity index (χ4v) is 3.41. The molecule has 24 heavy (non-hydrogen) atoms. The molecule has 1 aliphatic heterocycles. The van der Waals surface area contributed by atoms with E-state index in [0.29, 0.717) is 6.54 Å². The van der Waals surface area contributed by atoms with Crippen molar-refractivity contribution in [3.05, 3.63) is 52.1 Å². The van der Waals surface area contributed by atoms with Gasteiger partial charge in [0.1, 0.15) is 17.3 Å². The molecule has 6 heteroatoms. The van der Waals surface area contributed by atoms with Crippen LogP contribution in [0.25, 0.3) is 0 Å². The molecule has 2 aromatic rings. The maximum absolute atomic E-state index is 13.9. The van der Waals surface area contributed by atoms with Crippen LogP contribution in [-0.4, -0.2) is 22.5 Å². The van der Waals surface area contributed by atoms with Gasteiger partial charge in [0.05, 0.1) is 12.5 Å². The highest BCUT2D eigenvalue weighted by Crippen LogP contribution is 2.33. The first-order chi connectivity index (χ1) is 11.6. The van der Waals surface area contributed by atoms with Gasteiger partial charge < -0.3 is 9.42 Å². The highest BCUT2D eigenvalue weighted by molar-refractivity contribution is 6.31. The lowest BCUT2D eigenvalue weighted by atomic mass is 10.1. The fraction of sp³-hybridized carbons (Fsp3) is 0.444. The van der Waals surface area contributed by atoms with E-state index < -0.39 is 5.82 Å². The summed E-state index contributed by atoms with van der Waals surface area (Å²) in [7, 11) is 0. The van der Waals surface area contributed by atoms with E-state index in [-0.39, 0.29) is 29.0 Å².